The molecule has 0 bridgehead atoms. The molecule has 1 aliphatic heterocycles. The predicted octanol–water partition coefficient (Wildman–Crippen LogP) is 2.39. The van der Waals surface area contributed by atoms with Crippen molar-refractivity contribution < 1.29 is 4.79 Å². The number of thiophene rings is 1. The zero-order chi connectivity index (χ0) is 14.7. The SMILES string of the molecule is CC(=O)Nc1ccn([C@@H]2CCN(CCc3cccs3)C2)n1. The van der Waals surface area contributed by atoms with Gasteiger partial charge in [-0.15, -0.1) is 11.3 Å². The van der Waals surface area contributed by atoms with Crippen LogP contribution in [0, 0.1) is 0 Å². The second-order valence-electron chi connectivity index (χ2n) is 5.43. The normalized spacial score (nSPS) is 19.0. The van der Waals surface area contributed by atoms with E-state index in [0.29, 0.717) is 11.9 Å². The second kappa shape index (κ2) is 6.41. The van der Waals surface area contributed by atoms with E-state index in [1.807, 2.05) is 28.3 Å². The molecule has 2 aromatic heterocycles. The highest BCUT2D eigenvalue weighted by atomic mass is 32.1. The first kappa shape index (κ1) is 14.3. The molecule has 0 aliphatic carbocycles. The average Bonchev–Trinajstić information content (AvgIpc) is 3.17. The Hall–Kier alpha value is -1.66. The maximum Gasteiger partial charge on any atom is 0.222 e. The molecule has 2 aromatic rings. The number of carbonyl (C=O) groups excluding carboxylic acids is 1. The van der Waals surface area contributed by atoms with Crippen molar-refractivity contribution in [2.24, 2.45) is 0 Å². The van der Waals surface area contributed by atoms with E-state index in [2.05, 4.69) is 32.8 Å². The van der Waals surface area contributed by atoms with Crippen LogP contribution < -0.4 is 5.32 Å². The van der Waals surface area contributed by atoms with E-state index >= 15 is 0 Å². The Morgan fingerprint density at radius 3 is 3.19 bits per heavy atom. The summed E-state index contributed by atoms with van der Waals surface area (Å²) in [5.41, 5.74) is 0. The van der Waals surface area contributed by atoms with Crippen LogP contribution in [-0.2, 0) is 11.2 Å². The molecule has 1 atom stereocenters. The van der Waals surface area contributed by atoms with Gasteiger partial charge in [0.2, 0.25) is 5.91 Å². The Balaban J connectivity index is 1.51. The Labute approximate surface area is 128 Å². The molecule has 1 fully saturated rings. The molecule has 3 heterocycles. The van der Waals surface area contributed by atoms with Crippen LogP contribution >= 0.6 is 11.3 Å². The Kier molecular flexibility index (Phi) is 4.36. The molecule has 5 nitrogen and oxygen atoms in total. The molecule has 6 heteroatoms. The second-order valence-corrected chi connectivity index (χ2v) is 6.47. The van der Waals surface area contributed by atoms with Crippen molar-refractivity contribution in [1.82, 2.24) is 14.7 Å². The summed E-state index contributed by atoms with van der Waals surface area (Å²) in [6, 6.07) is 6.58. The van der Waals surface area contributed by atoms with Crippen LogP contribution in [0.3, 0.4) is 0 Å². The van der Waals surface area contributed by atoms with Gasteiger partial charge in [-0.2, -0.15) is 5.10 Å². The van der Waals surface area contributed by atoms with Crippen LogP contribution in [-0.4, -0.2) is 40.2 Å². The lowest BCUT2D eigenvalue weighted by atomic mass is 10.3. The van der Waals surface area contributed by atoms with Crippen LogP contribution in [0.15, 0.2) is 29.8 Å². The first-order chi connectivity index (χ1) is 10.2. The van der Waals surface area contributed by atoms with Gasteiger partial charge in [0.05, 0.1) is 6.04 Å². The lowest BCUT2D eigenvalue weighted by Crippen LogP contribution is -2.24. The highest BCUT2D eigenvalue weighted by Crippen LogP contribution is 2.22. The number of carbonyl (C=O) groups is 1. The summed E-state index contributed by atoms with van der Waals surface area (Å²) in [5.74, 6) is 0.559. The molecule has 0 spiro atoms. The summed E-state index contributed by atoms with van der Waals surface area (Å²) in [6.07, 6.45) is 4.20. The molecule has 1 saturated heterocycles. The van der Waals surface area contributed by atoms with Crippen molar-refractivity contribution in [3.8, 4) is 0 Å². The third-order valence-corrected chi connectivity index (χ3v) is 4.72. The van der Waals surface area contributed by atoms with Gasteiger partial charge < -0.3 is 10.2 Å². The number of hydrogen-bond donors (Lipinski definition) is 1. The number of likely N-dealkylation sites (tertiary alicyclic amines) is 1. The van der Waals surface area contributed by atoms with E-state index in [1.165, 1.54) is 11.8 Å². The van der Waals surface area contributed by atoms with E-state index in [4.69, 9.17) is 0 Å². The Bertz CT molecular complexity index is 593. The van der Waals surface area contributed by atoms with E-state index in [0.717, 1.165) is 32.5 Å². The van der Waals surface area contributed by atoms with Crippen molar-refractivity contribution in [3.63, 3.8) is 0 Å². The molecule has 1 aliphatic rings. The third-order valence-electron chi connectivity index (χ3n) is 3.79. The topological polar surface area (TPSA) is 50.2 Å². The lowest BCUT2D eigenvalue weighted by molar-refractivity contribution is -0.114. The van der Waals surface area contributed by atoms with Gasteiger partial charge in [-0.3, -0.25) is 9.48 Å². The van der Waals surface area contributed by atoms with Gasteiger partial charge in [0.1, 0.15) is 0 Å². The quantitative estimate of drug-likeness (QED) is 0.923. The van der Waals surface area contributed by atoms with E-state index in [-0.39, 0.29) is 5.91 Å². The minimum absolute atomic E-state index is 0.0794. The van der Waals surface area contributed by atoms with Gasteiger partial charge in [0.25, 0.3) is 0 Å². The van der Waals surface area contributed by atoms with Gasteiger partial charge in [0, 0.05) is 43.7 Å². The summed E-state index contributed by atoms with van der Waals surface area (Å²) < 4.78 is 1.98. The van der Waals surface area contributed by atoms with Crippen molar-refractivity contribution in [2.45, 2.75) is 25.8 Å². The summed E-state index contributed by atoms with van der Waals surface area (Å²) in [5, 5.41) is 9.29. The number of nitrogens with zero attached hydrogens (tertiary/aromatic N) is 3. The monoisotopic (exact) mass is 304 g/mol. The average molecular weight is 304 g/mol. The highest BCUT2D eigenvalue weighted by Gasteiger charge is 2.24. The zero-order valence-corrected chi connectivity index (χ0v) is 13.0. The van der Waals surface area contributed by atoms with E-state index in [9.17, 15) is 4.79 Å². The van der Waals surface area contributed by atoms with Crippen molar-refractivity contribution >= 4 is 23.1 Å². The predicted molar refractivity (Wildman–Crippen MR) is 84.6 cm³/mol. The minimum atomic E-state index is -0.0794. The summed E-state index contributed by atoms with van der Waals surface area (Å²) >= 11 is 1.83. The molecular formula is C15H20N4OS. The Morgan fingerprint density at radius 1 is 1.52 bits per heavy atom. The van der Waals surface area contributed by atoms with E-state index in [1.54, 1.807) is 0 Å². The fraction of sp³-hybridized carbons (Fsp3) is 0.467. The smallest absolute Gasteiger partial charge is 0.222 e. The molecular weight excluding hydrogens is 284 g/mol. The molecule has 112 valence electrons. The molecule has 1 N–H and O–H groups in total. The van der Waals surface area contributed by atoms with Crippen LogP contribution in [0.5, 0.6) is 0 Å². The van der Waals surface area contributed by atoms with Gasteiger partial charge in [-0.1, -0.05) is 6.07 Å². The summed E-state index contributed by atoms with van der Waals surface area (Å²) in [4.78, 5) is 15.0. The first-order valence-electron chi connectivity index (χ1n) is 7.28. The standard InChI is InChI=1S/C15H20N4OS/c1-12(20)16-15-6-9-19(17-15)13-4-7-18(11-13)8-5-14-3-2-10-21-14/h2-3,6,9-10,13H,4-5,7-8,11H2,1H3,(H,16,17,20)/t13-/m1/s1. The first-order valence-corrected chi connectivity index (χ1v) is 8.16. The van der Waals surface area contributed by atoms with Crippen LogP contribution in [0.4, 0.5) is 5.82 Å². The number of aromatic nitrogens is 2. The lowest BCUT2D eigenvalue weighted by Gasteiger charge is -2.15. The van der Waals surface area contributed by atoms with Gasteiger partial charge in [0.15, 0.2) is 5.82 Å². The molecule has 0 radical (unpaired) electrons. The van der Waals surface area contributed by atoms with Gasteiger partial charge in [-0.25, -0.2) is 0 Å². The number of anilines is 1. The van der Waals surface area contributed by atoms with Crippen molar-refractivity contribution in [1.29, 1.82) is 0 Å². The molecule has 3 rings (SSSR count). The Morgan fingerprint density at radius 2 is 2.43 bits per heavy atom. The number of rotatable bonds is 5. The molecule has 1 amide bonds. The number of hydrogen-bond acceptors (Lipinski definition) is 4. The third kappa shape index (κ3) is 3.71. The number of amides is 1. The van der Waals surface area contributed by atoms with Gasteiger partial charge in [-0.05, 0) is 24.3 Å². The fourth-order valence-electron chi connectivity index (χ4n) is 2.74. The number of nitrogens with one attached hydrogen (secondary N) is 1. The maximum absolute atomic E-state index is 11.0. The highest BCUT2D eigenvalue weighted by molar-refractivity contribution is 7.09. The zero-order valence-electron chi connectivity index (χ0n) is 12.2. The largest absolute Gasteiger partial charge is 0.309 e. The van der Waals surface area contributed by atoms with Crippen molar-refractivity contribution in [2.75, 3.05) is 25.0 Å². The summed E-state index contributed by atoms with van der Waals surface area (Å²) in [7, 11) is 0. The van der Waals surface area contributed by atoms with Crippen molar-refractivity contribution in [3.05, 3.63) is 34.7 Å². The fourth-order valence-corrected chi connectivity index (χ4v) is 3.44. The van der Waals surface area contributed by atoms with Crippen LogP contribution in [0.25, 0.3) is 0 Å². The molecule has 0 aromatic carbocycles. The van der Waals surface area contributed by atoms with Crippen LogP contribution in [0.2, 0.25) is 0 Å². The molecule has 0 unspecified atom stereocenters. The summed E-state index contributed by atoms with van der Waals surface area (Å²) in [6.45, 7) is 4.76. The minimum Gasteiger partial charge on any atom is -0.309 e. The molecule has 0 saturated carbocycles. The van der Waals surface area contributed by atoms with Crippen LogP contribution in [0.1, 0.15) is 24.3 Å². The molecule has 21 heavy (non-hydrogen) atoms. The van der Waals surface area contributed by atoms with E-state index < -0.39 is 0 Å². The maximum atomic E-state index is 11.0. The van der Waals surface area contributed by atoms with Gasteiger partial charge >= 0.3 is 0 Å².